The summed E-state index contributed by atoms with van der Waals surface area (Å²) in [6.45, 7) is 15.3. The number of rotatable bonds is 8. The Bertz CT molecular complexity index is 166. The highest BCUT2D eigenvalue weighted by Gasteiger charge is 2.17. The van der Waals surface area contributed by atoms with Gasteiger partial charge in [-0.25, -0.2) is 0 Å². The third-order valence-corrected chi connectivity index (χ3v) is 3.31. The lowest BCUT2D eigenvalue weighted by Gasteiger charge is -2.28. The van der Waals surface area contributed by atoms with Crippen LogP contribution in [0.5, 0.6) is 0 Å². The summed E-state index contributed by atoms with van der Waals surface area (Å²) in [5.74, 6) is 0.312. The van der Waals surface area contributed by atoms with Gasteiger partial charge in [-0.3, -0.25) is 9.69 Å². The zero-order valence-corrected chi connectivity index (χ0v) is 14.1. The van der Waals surface area contributed by atoms with Crippen LogP contribution in [-0.2, 0) is 4.79 Å². The predicted molar refractivity (Wildman–Crippen MR) is 84.4 cm³/mol. The monoisotopic (exact) mass is 279 g/mol. The predicted octanol–water partition coefficient (Wildman–Crippen LogP) is 4.32. The number of hydrogen-bond acceptors (Lipinski definition) is 3. The Morgan fingerprint density at radius 3 is 1.94 bits per heavy atom. The van der Waals surface area contributed by atoms with Gasteiger partial charge in [-0.1, -0.05) is 48.5 Å². The average molecular weight is 279 g/mol. The molecule has 0 saturated heterocycles. The molecule has 0 saturated carbocycles. The van der Waals surface area contributed by atoms with E-state index in [0.29, 0.717) is 5.37 Å². The van der Waals surface area contributed by atoms with Crippen molar-refractivity contribution in [3.63, 3.8) is 0 Å². The van der Waals surface area contributed by atoms with Crippen LogP contribution in [0, 0.1) is 0 Å². The first-order valence-electron chi connectivity index (χ1n) is 7.23. The summed E-state index contributed by atoms with van der Waals surface area (Å²) >= 11 is 1.83. The van der Waals surface area contributed by atoms with Gasteiger partial charge in [0.1, 0.15) is 0 Å². The van der Waals surface area contributed by atoms with Crippen molar-refractivity contribution in [1.29, 1.82) is 0 Å². The van der Waals surface area contributed by atoms with Gasteiger partial charge in [0.15, 0.2) is 0 Å². The molecule has 1 atom stereocenters. The molecule has 0 aromatic rings. The van der Waals surface area contributed by atoms with Gasteiger partial charge in [0.2, 0.25) is 0 Å². The molecule has 0 bridgehead atoms. The number of nitrogens with zero attached hydrogens (tertiary/aromatic N) is 1. The van der Waals surface area contributed by atoms with Gasteiger partial charge in [0.05, 0.1) is 11.9 Å². The maximum absolute atomic E-state index is 10.7. The van der Waals surface area contributed by atoms with Gasteiger partial charge >= 0.3 is 5.97 Å². The molecule has 0 aliphatic rings. The second-order valence-electron chi connectivity index (χ2n) is 3.18. The topological polar surface area (TPSA) is 40.5 Å². The van der Waals surface area contributed by atoms with E-state index >= 15 is 0 Å². The molecule has 0 heterocycles. The van der Waals surface area contributed by atoms with Crippen LogP contribution in [0.4, 0.5) is 0 Å². The smallest absolute Gasteiger partial charge is 0.317 e. The van der Waals surface area contributed by atoms with Gasteiger partial charge in [0.25, 0.3) is 0 Å². The van der Waals surface area contributed by atoms with Gasteiger partial charge in [0, 0.05) is 0 Å². The van der Waals surface area contributed by atoms with Crippen LogP contribution >= 0.6 is 11.8 Å². The summed E-state index contributed by atoms with van der Waals surface area (Å²) in [5.41, 5.74) is 0. The van der Waals surface area contributed by atoms with Crippen LogP contribution in [0.3, 0.4) is 0 Å². The number of aliphatic carboxylic acids is 1. The second kappa shape index (κ2) is 19.1. The Balaban J connectivity index is -0.000000506. The zero-order valence-electron chi connectivity index (χ0n) is 13.3. The number of hydrogen-bond donors (Lipinski definition) is 1. The summed E-state index contributed by atoms with van der Waals surface area (Å²) in [4.78, 5) is 12.7. The highest BCUT2D eigenvalue weighted by molar-refractivity contribution is 7.99. The maximum Gasteiger partial charge on any atom is 0.317 e. The number of carbonyl (C=O) groups is 1. The molecule has 112 valence electrons. The molecule has 3 nitrogen and oxygen atoms in total. The Kier molecular flexibility index (Phi) is 24.4. The van der Waals surface area contributed by atoms with E-state index in [1.165, 1.54) is 0 Å². The van der Waals surface area contributed by atoms with Gasteiger partial charge in [-0.2, -0.15) is 0 Å². The summed E-state index contributed by atoms with van der Waals surface area (Å²) in [6, 6.07) is 0. The van der Waals surface area contributed by atoms with Crippen LogP contribution in [-0.4, -0.2) is 40.2 Å². The SMILES string of the molecule is CC.CC.CCCN(CC(=O)O)C(CC)SCC. The minimum atomic E-state index is -0.728. The van der Waals surface area contributed by atoms with E-state index in [1.807, 2.05) is 39.5 Å². The fourth-order valence-electron chi connectivity index (χ4n) is 1.46. The van der Waals surface area contributed by atoms with Crippen molar-refractivity contribution < 1.29 is 9.90 Å². The second-order valence-corrected chi connectivity index (χ2v) is 4.64. The summed E-state index contributed by atoms with van der Waals surface area (Å²) < 4.78 is 0. The van der Waals surface area contributed by atoms with E-state index in [-0.39, 0.29) is 6.54 Å². The lowest BCUT2D eigenvalue weighted by atomic mass is 10.3. The molecule has 4 heteroatoms. The van der Waals surface area contributed by atoms with E-state index in [2.05, 4.69) is 25.7 Å². The molecule has 0 rings (SSSR count). The molecule has 0 radical (unpaired) electrons. The van der Waals surface area contributed by atoms with Crippen molar-refractivity contribution in [1.82, 2.24) is 4.90 Å². The quantitative estimate of drug-likeness (QED) is 0.672. The van der Waals surface area contributed by atoms with E-state index in [1.54, 1.807) is 0 Å². The molecule has 1 N–H and O–H groups in total. The molecule has 0 aliphatic carbocycles. The van der Waals surface area contributed by atoms with E-state index in [9.17, 15) is 4.79 Å². The Morgan fingerprint density at radius 2 is 1.67 bits per heavy atom. The molecule has 1 unspecified atom stereocenters. The van der Waals surface area contributed by atoms with Crippen molar-refractivity contribution >= 4 is 17.7 Å². The minimum absolute atomic E-state index is 0.166. The Labute approximate surface area is 118 Å². The first kappa shape index (κ1) is 22.9. The summed E-state index contributed by atoms with van der Waals surface area (Å²) in [7, 11) is 0. The van der Waals surface area contributed by atoms with Crippen LogP contribution in [0.2, 0.25) is 0 Å². The van der Waals surface area contributed by atoms with E-state index < -0.39 is 5.97 Å². The van der Waals surface area contributed by atoms with Crippen molar-refractivity contribution in [2.45, 2.75) is 66.7 Å². The third kappa shape index (κ3) is 13.8. The largest absolute Gasteiger partial charge is 0.480 e. The van der Waals surface area contributed by atoms with Crippen molar-refractivity contribution in [3.8, 4) is 0 Å². The van der Waals surface area contributed by atoms with Crippen LogP contribution < -0.4 is 0 Å². The number of carboxylic acid groups (broad SMARTS) is 1. The minimum Gasteiger partial charge on any atom is -0.480 e. The summed E-state index contributed by atoms with van der Waals surface area (Å²) in [5, 5.41) is 9.13. The standard InChI is InChI=1S/C10H21NO2S.2C2H6/c1-4-7-11(8-10(12)13)9(5-2)14-6-3;2*1-2/h9H,4-8H2,1-3H3,(H,12,13);2*1-2H3. The maximum atomic E-state index is 10.7. The van der Waals surface area contributed by atoms with E-state index in [0.717, 1.165) is 25.1 Å². The summed E-state index contributed by atoms with van der Waals surface area (Å²) in [6.07, 6.45) is 2.01. The van der Waals surface area contributed by atoms with Crippen LogP contribution in [0.25, 0.3) is 0 Å². The fraction of sp³-hybridized carbons (Fsp3) is 0.929. The molecule has 0 fully saturated rings. The zero-order chi connectivity index (χ0) is 15.0. The molecular formula is C14H33NO2S. The third-order valence-electron chi connectivity index (χ3n) is 1.96. The lowest BCUT2D eigenvalue weighted by molar-refractivity contribution is -0.138. The molecular weight excluding hydrogens is 246 g/mol. The van der Waals surface area contributed by atoms with Gasteiger partial charge in [-0.15, -0.1) is 11.8 Å². The molecule has 0 spiro atoms. The highest BCUT2D eigenvalue weighted by Crippen LogP contribution is 2.18. The van der Waals surface area contributed by atoms with Crippen molar-refractivity contribution in [2.24, 2.45) is 0 Å². The number of thioether (sulfide) groups is 1. The van der Waals surface area contributed by atoms with Crippen LogP contribution in [0.1, 0.15) is 61.3 Å². The van der Waals surface area contributed by atoms with Crippen molar-refractivity contribution in [2.75, 3.05) is 18.8 Å². The lowest BCUT2D eigenvalue weighted by Crippen LogP contribution is -2.37. The molecule has 18 heavy (non-hydrogen) atoms. The Morgan fingerprint density at radius 1 is 1.17 bits per heavy atom. The molecule has 0 aliphatic heterocycles. The first-order valence-corrected chi connectivity index (χ1v) is 8.27. The molecule has 0 aromatic carbocycles. The normalized spacial score (nSPS) is 10.9. The van der Waals surface area contributed by atoms with Crippen molar-refractivity contribution in [3.05, 3.63) is 0 Å². The molecule has 0 amide bonds. The van der Waals surface area contributed by atoms with Gasteiger partial charge in [-0.05, 0) is 25.1 Å². The van der Waals surface area contributed by atoms with E-state index in [4.69, 9.17) is 5.11 Å². The van der Waals surface area contributed by atoms with Gasteiger partial charge < -0.3 is 5.11 Å². The van der Waals surface area contributed by atoms with Crippen LogP contribution in [0.15, 0.2) is 0 Å². The molecule has 0 aromatic heterocycles. The number of carboxylic acids is 1. The first-order chi connectivity index (χ1) is 8.65. The fourth-order valence-corrected chi connectivity index (χ4v) is 2.47. The highest BCUT2D eigenvalue weighted by atomic mass is 32.2. The average Bonchev–Trinajstić information content (AvgIpc) is 2.40. The Hall–Kier alpha value is -0.220.